The molecular weight excluding hydrogens is 186 g/mol. The molecule has 0 radical (unpaired) electrons. The standard InChI is InChI=1S/C8H11N3O3/c12-7(13)8(1-5-14-6-2-8)11-4-3-9-10-11/h3-4H,1-2,5-6H2,(H,12,13). The highest BCUT2D eigenvalue weighted by Crippen LogP contribution is 2.28. The Balaban J connectivity index is 2.35. The summed E-state index contributed by atoms with van der Waals surface area (Å²) >= 11 is 0. The van der Waals surface area contributed by atoms with E-state index in [1.807, 2.05) is 0 Å². The van der Waals surface area contributed by atoms with Gasteiger partial charge in [-0.3, -0.25) is 0 Å². The molecule has 0 atom stereocenters. The predicted molar refractivity (Wildman–Crippen MR) is 45.7 cm³/mol. The molecule has 1 aromatic heterocycles. The highest BCUT2D eigenvalue weighted by atomic mass is 16.5. The average Bonchev–Trinajstić information content (AvgIpc) is 2.72. The van der Waals surface area contributed by atoms with Gasteiger partial charge in [0.25, 0.3) is 0 Å². The molecule has 0 spiro atoms. The number of carboxylic acids is 1. The summed E-state index contributed by atoms with van der Waals surface area (Å²) in [6.07, 6.45) is 3.94. The fraction of sp³-hybridized carbons (Fsp3) is 0.625. The largest absolute Gasteiger partial charge is 0.479 e. The van der Waals surface area contributed by atoms with Gasteiger partial charge in [0.15, 0.2) is 5.54 Å². The third-order valence-corrected chi connectivity index (χ3v) is 2.58. The van der Waals surface area contributed by atoms with E-state index in [0.717, 1.165) is 0 Å². The first kappa shape index (κ1) is 9.14. The number of hydrogen-bond donors (Lipinski definition) is 1. The zero-order valence-electron chi connectivity index (χ0n) is 7.59. The Morgan fingerprint density at radius 3 is 2.71 bits per heavy atom. The number of aliphatic carboxylic acids is 1. The van der Waals surface area contributed by atoms with Crippen LogP contribution in [0.3, 0.4) is 0 Å². The fourth-order valence-corrected chi connectivity index (χ4v) is 1.69. The molecule has 0 unspecified atom stereocenters. The SMILES string of the molecule is O=C(O)C1(n2ccnn2)CCOCC1. The highest BCUT2D eigenvalue weighted by molar-refractivity contribution is 5.76. The van der Waals surface area contributed by atoms with Crippen LogP contribution in [0.25, 0.3) is 0 Å². The van der Waals surface area contributed by atoms with Gasteiger partial charge in [0.05, 0.1) is 6.20 Å². The van der Waals surface area contributed by atoms with Crippen molar-refractivity contribution in [2.45, 2.75) is 18.4 Å². The van der Waals surface area contributed by atoms with Crippen molar-refractivity contribution >= 4 is 5.97 Å². The summed E-state index contributed by atoms with van der Waals surface area (Å²) in [7, 11) is 0. The van der Waals surface area contributed by atoms with Gasteiger partial charge in [0, 0.05) is 32.3 Å². The summed E-state index contributed by atoms with van der Waals surface area (Å²) in [5.41, 5.74) is -0.964. The maximum Gasteiger partial charge on any atom is 0.331 e. The normalized spacial score (nSPS) is 20.6. The summed E-state index contributed by atoms with van der Waals surface area (Å²) in [5.74, 6) is -0.869. The molecular formula is C8H11N3O3. The van der Waals surface area contributed by atoms with E-state index in [2.05, 4.69) is 10.3 Å². The van der Waals surface area contributed by atoms with E-state index in [1.54, 1.807) is 6.20 Å². The molecule has 0 aliphatic carbocycles. The van der Waals surface area contributed by atoms with Crippen molar-refractivity contribution in [2.24, 2.45) is 0 Å². The average molecular weight is 197 g/mol. The Hall–Kier alpha value is -1.43. The lowest BCUT2D eigenvalue weighted by molar-refractivity contribution is -0.153. The van der Waals surface area contributed by atoms with Crippen LogP contribution >= 0.6 is 0 Å². The Morgan fingerprint density at radius 1 is 1.50 bits per heavy atom. The maximum atomic E-state index is 11.2. The number of carboxylic acid groups (broad SMARTS) is 1. The quantitative estimate of drug-likeness (QED) is 0.714. The van der Waals surface area contributed by atoms with E-state index in [4.69, 9.17) is 4.74 Å². The molecule has 1 saturated heterocycles. The van der Waals surface area contributed by atoms with Crippen LogP contribution in [-0.4, -0.2) is 39.3 Å². The summed E-state index contributed by atoms with van der Waals surface area (Å²) in [5, 5.41) is 16.6. The van der Waals surface area contributed by atoms with Crippen LogP contribution in [0.2, 0.25) is 0 Å². The molecule has 6 heteroatoms. The first-order chi connectivity index (χ1) is 6.76. The Kier molecular flexibility index (Phi) is 2.20. The molecule has 0 bridgehead atoms. The van der Waals surface area contributed by atoms with Gasteiger partial charge in [0.1, 0.15) is 0 Å². The molecule has 14 heavy (non-hydrogen) atoms. The number of nitrogens with zero attached hydrogens (tertiary/aromatic N) is 3. The van der Waals surface area contributed by atoms with Crippen molar-refractivity contribution in [2.75, 3.05) is 13.2 Å². The molecule has 6 nitrogen and oxygen atoms in total. The van der Waals surface area contributed by atoms with Crippen molar-refractivity contribution in [3.05, 3.63) is 12.4 Å². The minimum Gasteiger partial charge on any atom is -0.479 e. The number of rotatable bonds is 2. The minimum atomic E-state index is -0.964. The predicted octanol–water partition coefficient (Wildman–Crippen LogP) is -0.132. The number of carbonyl (C=O) groups is 1. The fourth-order valence-electron chi connectivity index (χ4n) is 1.69. The highest BCUT2D eigenvalue weighted by Gasteiger charge is 2.42. The summed E-state index contributed by atoms with van der Waals surface area (Å²) in [4.78, 5) is 11.2. The molecule has 2 heterocycles. The second-order valence-corrected chi connectivity index (χ2v) is 3.30. The van der Waals surface area contributed by atoms with Crippen molar-refractivity contribution in [3.8, 4) is 0 Å². The van der Waals surface area contributed by atoms with E-state index < -0.39 is 11.5 Å². The monoisotopic (exact) mass is 197 g/mol. The first-order valence-corrected chi connectivity index (χ1v) is 4.44. The minimum absolute atomic E-state index is 0.436. The van der Waals surface area contributed by atoms with E-state index in [1.165, 1.54) is 10.9 Å². The van der Waals surface area contributed by atoms with Crippen LogP contribution in [0, 0.1) is 0 Å². The van der Waals surface area contributed by atoms with Crippen LogP contribution in [0.5, 0.6) is 0 Å². The second-order valence-electron chi connectivity index (χ2n) is 3.30. The van der Waals surface area contributed by atoms with Crippen LogP contribution in [0.1, 0.15) is 12.8 Å². The lowest BCUT2D eigenvalue weighted by atomic mass is 9.90. The van der Waals surface area contributed by atoms with Gasteiger partial charge in [-0.15, -0.1) is 5.10 Å². The lowest BCUT2D eigenvalue weighted by Crippen LogP contribution is -2.46. The maximum absolute atomic E-state index is 11.2. The molecule has 1 aromatic rings. The Bertz CT molecular complexity index is 317. The van der Waals surface area contributed by atoms with Crippen molar-refractivity contribution in [1.82, 2.24) is 15.0 Å². The second kappa shape index (κ2) is 3.38. The molecule has 1 aliphatic rings. The van der Waals surface area contributed by atoms with Crippen LogP contribution in [-0.2, 0) is 15.1 Å². The van der Waals surface area contributed by atoms with E-state index in [-0.39, 0.29) is 0 Å². The zero-order valence-corrected chi connectivity index (χ0v) is 7.59. The van der Waals surface area contributed by atoms with Gasteiger partial charge in [-0.25, -0.2) is 9.48 Å². The lowest BCUT2D eigenvalue weighted by Gasteiger charge is -2.32. The van der Waals surface area contributed by atoms with Gasteiger partial charge in [-0.2, -0.15) is 0 Å². The third-order valence-electron chi connectivity index (χ3n) is 2.58. The number of aromatic nitrogens is 3. The van der Waals surface area contributed by atoms with Crippen molar-refractivity contribution in [3.63, 3.8) is 0 Å². The summed E-state index contributed by atoms with van der Waals surface area (Å²) < 4.78 is 6.56. The van der Waals surface area contributed by atoms with E-state index >= 15 is 0 Å². The molecule has 0 aromatic carbocycles. The van der Waals surface area contributed by atoms with Crippen molar-refractivity contribution in [1.29, 1.82) is 0 Å². The van der Waals surface area contributed by atoms with Gasteiger partial charge in [0.2, 0.25) is 0 Å². The molecule has 0 saturated carbocycles. The Labute approximate surface area is 80.5 Å². The number of ether oxygens (including phenoxy) is 1. The molecule has 1 N–H and O–H groups in total. The van der Waals surface area contributed by atoms with Gasteiger partial charge < -0.3 is 9.84 Å². The zero-order chi connectivity index (χ0) is 10.0. The summed E-state index contributed by atoms with van der Waals surface area (Å²) in [6.45, 7) is 0.901. The molecule has 2 rings (SSSR count). The van der Waals surface area contributed by atoms with Crippen molar-refractivity contribution < 1.29 is 14.6 Å². The molecule has 1 fully saturated rings. The smallest absolute Gasteiger partial charge is 0.331 e. The van der Waals surface area contributed by atoms with Crippen LogP contribution in [0.15, 0.2) is 12.4 Å². The molecule has 0 amide bonds. The van der Waals surface area contributed by atoms with E-state index in [0.29, 0.717) is 26.1 Å². The van der Waals surface area contributed by atoms with Gasteiger partial charge >= 0.3 is 5.97 Å². The topological polar surface area (TPSA) is 77.2 Å². The van der Waals surface area contributed by atoms with E-state index in [9.17, 15) is 9.90 Å². The molecule has 76 valence electrons. The van der Waals surface area contributed by atoms with Gasteiger partial charge in [-0.1, -0.05) is 5.21 Å². The first-order valence-electron chi connectivity index (χ1n) is 4.44. The van der Waals surface area contributed by atoms with Crippen LogP contribution < -0.4 is 0 Å². The summed E-state index contributed by atoms with van der Waals surface area (Å²) in [6, 6.07) is 0. The number of hydrogen-bond acceptors (Lipinski definition) is 4. The van der Waals surface area contributed by atoms with Gasteiger partial charge in [-0.05, 0) is 0 Å². The third kappa shape index (κ3) is 1.27. The van der Waals surface area contributed by atoms with Crippen LogP contribution in [0.4, 0.5) is 0 Å². The molecule has 1 aliphatic heterocycles. The Morgan fingerprint density at radius 2 is 2.21 bits per heavy atom.